The van der Waals surface area contributed by atoms with E-state index in [9.17, 15) is 9.90 Å². The van der Waals surface area contributed by atoms with Crippen LogP contribution in [0.25, 0.3) is 0 Å². The highest BCUT2D eigenvalue weighted by atomic mass is 16.5. The highest BCUT2D eigenvalue weighted by Gasteiger charge is 2.19. The summed E-state index contributed by atoms with van der Waals surface area (Å²) in [6.45, 7) is 4.19. The van der Waals surface area contributed by atoms with Crippen molar-refractivity contribution < 1.29 is 14.6 Å². The molecule has 0 amide bonds. The van der Waals surface area contributed by atoms with Gasteiger partial charge in [-0.25, -0.2) is 0 Å². The molecule has 0 fully saturated rings. The van der Waals surface area contributed by atoms with Gasteiger partial charge in [-0.05, 0) is 43.0 Å². The number of ether oxygens (including phenoxy) is 1. The van der Waals surface area contributed by atoms with Crippen LogP contribution in [0, 0.1) is 0 Å². The number of phenols is 1. The van der Waals surface area contributed by atoms with Gasteiger partial charge in [0.05, 0.1) is 12.2 Å². The lowest BCUT2D eigenvalue weighted by Crippen LogP contribution is -2.12. The van der Waals surface area contributed by atoms with E-state index in [1.807, 2.05) is 13.0 Å². The van der Waals surface area contributed by atoms with Crippen molar-refractivity contribution in [2.24, 2.45) is 0 Å². The van der Waals surface area contributed by atoms with Gasteiger partial charge in [0.1, 0.15) is 5.75 Å². The molecular formula is C21H32O3. The maximum Gasteiger partial charge on any atom is 0.318 e. The van der Waals surface area contributed by atoms with E-state index < -0.39 is 0 Å². The standard InChI is InChI=1S/C21H32O3/c1-3-5-6-7-8-9-10-11-12-17-24-21(23)20(4-2)18-13-15-19(22)16-14-18/h12-17,20,22H,3-11H2,1-2H3. The molecule has 0 aliphatic carbocycles. The second-order valence-corrected chi connectivity index (χ2v) is 6.27. The van der Waals surface area contributed by atoms with Crippen LogP contribution in [0.15, 0.2) is 36.6 Å². The molecule has 0 heterocycles. The lowest BCUT2D eigenvalue weighted by Gasteiger charge is -2.12. The smallest absolute Gasteiger partial charge is 0.318 e. The fraction of sp³-hybridized carbons (Fsp3) is 0.571. The highest BCUT2D eigenvalue weighted by Crippen LogP contribution is 2.23. The normalized spacial score (nSPS) is 12.4. The fourth-order valence-corrected chi connectivity index (χ4v) is 2.73. The van der Waals surface area contributed by atoms with Crippen LogP contribution < -0.4 is 0 Å². The van der Waals surface area contributed by atoms with Crippen LogP contribution in [0.4, 0.5) is 0 Å². The third-order valence-electron chi connectivity index (χ3n) is 4.24. The summed E-state index contributed by atoms with van der Waals surface area (Å²) in [7, 11) is 0. The molecular weight excluding hydrogens is 300 g/mol. The van der Waals surface area contributed by atoms with Gasteiger partial charge in [0.25, 0.3) is 0 Å². The van der Waals surface area contributed by atoms with E-state index in [1.165, 1.54) is 44.8 Å². The minimum Gasteiger partial charge on any atom is -0.508 e. The zero-order valence-corrected chi connectivity index (χ0v) is 15.2. The molecule has 0 aromatic heterocycles. The molecule has 1 rings (SSSR count). The van der Waals surface area contributed by atoms with Gasteiger partial charge in [0.2, 0.25) is 0 Å². The Kier molecular flexibility index (Phi) is 10.7. The first-order chi connectivity index (χ1) is 11.7. The first-order valence-corrected chi connectivity index (χ1v) is 9.33. The summed E-state index contributed by atoms with van der Waals surface area (Å²) in [6.07, 6.45) is 14.1. The Bertz CT molecular complexity index is 476. The number of benzene rings is 1. The summed E-state index contributed by atoms with van der Waals surface area (Å²) >= 11 is 0. The number of esters is 1. The molecule has 3 heteroatoms. The summed E-state index contributed by atoms with van der Waals surface area (Å²) in [4.78, 5) is 12.2. The molecule has 1 unspecified atom stereocenters. The Morgan fingerprint density at radius 1 is 1.04 bits per heavy atom. The van der Waals surface area contributed by atoms with Gasteiger partial charge in [0, 0.05) is 0 Å². The second-order valence-electron chi connectivity index (χ2n) is 6.27. The van der Waals surface area contributed by atoms with Gasteiger partial charge < -0.3 is 9.84 Å². The monoisotopic (exact) mass is 332 g/mol. The second kappa shape index (κ2) is 12.6. The van der Waals surface area contributed by atoms with E-state index >= 15 is 0 Å². The molecule has 1 aromatic carbocycles. The van der Waals surface area contributed by atoms with Crippen LogP contribution in [0.1, 0.15) is 83.1 Å². The van der Waals surface area contributed by atoms with Gasteiger partial charge in [-0.1, -0.05) is 64.5 Å². The lowest BCUT2D eigenvalue weighted by molar-refractivity contribution is -0.139. The van der Waals surface area contributed by atoms with Crippen molar-refractivity contribution in [2.75, 3.05) is 0 Å². The van der Waals surface area contributed by atoms with Crippen molar-refractivity contribution in [1.29, 1.82) is 0 Å². The third kappa shape index (κ3) is 8.19. The van der Waals surface area contributed by atoms with E-state index in [-0.39, 0.29) is 17.6 Å². The van der Waals surface area contributed by atoms with E-state index in [4.69, 9.17) is 4.74 Å². The number of aromatic hydroxyl groups is 1. The first kappa shape index (κ1) is 20.3. The number of hydrogen-bond donors (Lipinski definition) is 1. The highest BCUT2D eigenvalue weighted by molar-refractivity contribution is 5.78. The van der Waals surface area contributed by atoms with Crippen LogP contribution in [-0.2, 0) is 9.53 Å². The Labute approximate surface area is 146 Å². The molecule has 3 nitrogen and oxygen atoms in total. The molecule has 0 aliphatic rings. The van der Waals surface area contributed by atoms with Crippen LogP contribution >= 0.6 is 0 Å². The molecule has 0 radical (unpaired) electrons. The average Bonchev–Trinajstić information content (AvgIpc) is 2.59. The van der Waals surface area contributed by atoms with Crippen LogP contribution in [0.5, 0.6) is 5.75 Å². The Morgan fingerprint density at radius 2 is 1.67 bits per heavy atom. The molecule has 1 N–H and O–H groups in total. The largest absolute Gasteiger partial charge is 0.508 e. The average molecular weight is 332 g/mol. The molecule has 0 saturated carbocycles. The summed E-state index contributed by atoms with van der Waals surface area (Å²) < 4.78 is 5.26. The predicted molar refractivity (Wildman–Crippen MR) is 99.0 cm³/mol. The van der Waals surface area contributed by atoms with Gasteiger partial charge >= 0.3 is 5.97 Å². The van der Waals surface area contributed by atoms with E-state index in [2.05, 4.69) is 6.92 Å². The Balaban J connectivity index is 2.22. The lowest BCUT2D eigenvalue weighted by atomic mass is 9.97. The van der Waals surface area contributed by atoms with E-state index in [0.29, 0.717) is 6.42 Å². The number of unbranched alkanes of at least 4 members (excludes halogenated alkanes) is 7. The van der Waals surface area contributed by atoms with Crippen molar-refractivity contribution >= 4 is 5.97 Å². The molecule has 134 valence electrons. The zero-order chi connectivity index (χ0) is 17.6. The number of rotatable bonds is 12. The molecule has 1 aromatic rings. The molecule has 1 atom stereocenters. The number of hydrogen-bond acceptors (Lipinski definition) is 3. The molecule has 24 heavy (non-hydrogen) atoms. The minimum absolute atomic E-state index is 0.205. The van der Waals surface area contributed by atoms with Crippen LogP contribution in [-0.4, -0.2) is 11.1 Å². The van der Waals surface area contributed by atoms with Crippen LogP contribution in [0.2, 0.25) is 0 Å². The molecule has 0 saturated heterocycles. The van der Waals surface area contributed by atoms with E-state index in [1.54, 1.807) is 24.3 Å². The summed E-state index contributed by atoms with van der Waals surface area (Å²) in [5, 5.41) is 9.33. The minimum atomic E-state index is -0.284. The van der Waals surface area contributed by atoms with Gasteiger partial charge in [-0.15, -0.1) is 0 Å². The number of carbonyl (C=O) groups is 1. The van der Waals surface area contributed by atoms with Crippen LogP contribution in [0.3, 0.4) is 0 Å². The van der Waals surface area contributed by atoms with Crippen molar-refractivity contribution in [3.63, 3.8) is 0 Å². The summed E-state index contributed by atoms with van der Waals surface area (Å²) in [6, 6.07) is 6.74. The zero-order valence-electron chi connectivity index (χ0n) is 15.2. The number of phenolic OH excluding ortho intramolecular Hbond substituents is 1. The fourth-order valence-electron chi connectivity index (χ4n) is 2.73. The van der Waals surface area contributed by atoms with Gasteiger partial charge in [0.15, 0.2) is 0 Å². The molecule has 0 aliphatic heterocycles. The summed E-state index contributed by atoms with van der Waals surface area (Å²) in [5.74, 6) is -0.315. The maximum absolute atomic E-state index is 12.2. The van der Waals surface area contributed by atoms with E-state index in [0.717, 1.165) is 18.4 Å². The van der Waals surface area contributed by atoms with Crippen molar-refractivity contribution in [3.8, 4) is 5.75 Å². The Morgan fingerprint density at radius 3 is 2.29 bits per heavy atom. The predicted octanol–water partition coefficient (Wildman–Crippen LogP) is 6.08. The van der Waals surface area contributed by atoms with Gasteiger partial charge in [-0.2, -0.15) is 0 Å². The third-order valence-corrected chi connectivity index (χ3v) is 4.24. The van der Waals surface area contributed by atoms with Crippen molar-refractivity contribution in [3.05, 3.63) is 42.2 Å². The summed E-state index contributed by atoms with van der Waals surface area (Å²) in [5.41, 5.74) is 0.876. The Hall–Kier alpha value is -1.77. The molecule has 0 spiro atoms. The van der Waals surface area contributed by atoms with Crippen molar-refractivity contribution in [2.45, 2.75) is 77.6 Å². The SMILES string of the molecule is CCCCCCCCCC=COC(=O)C(CC)c1ccc(O)cc1. The first-order valence-electron chi connectivity index (χ1n) is 9.33. The number of allylic oxidation sites excluding steroid dienone is 1. The maximum atomic E-state index is 12.2. The molecule has 0 bridgehead atoms. The van der Waals surface area contributed by atoms with Gasteiger partial charge in [-0.3, -0.25) is 4.79 Å². The van der Waals surface area contributed by atoms with Crippen molar-refractivity contribution in [1.82, 2.24) is 0 Å². The number of carbonyl (C=O) groups excluding carboxylic acids is 1. The quantitative estimate of drug-likeness (QED) is 0.286. The topological polar surface area (TPSA) is 46.5 Å².